The Labute approximate surface area is 128 Å². The molecule has 0 spiro atoms. The molecule has 2 heterocycles. The highest BCUT2D eigenvalue weighted by atomic mass is 16.3. The Hall–Kier alpha value is -1.06. The average molecular weight is 288 g/mol. The highest BCUT2D eigenvalue weighted by molar-refractivity contribution is 5.60. The summed E-state index contributed by atoms with van der Waals surface area (Å²) in [5, 5.41) is 10.1. The molecule has 0 bridgehead atoms. The smallest absolute Gasteiger partial charge is 0.0788 e. The first-order chi connectivity index (χ1) is 10.2. The fourth-order valence-corrected chi connectivity index (χ4v) is 3.79. The van der Waals surface area contributed by atoms with Crippen LogP contribution in [0.1, 0.15) is 50.3 Å². The van der Waals surface area contributed by atoms with Gasteiger partial charge in [-0.15, -0.1) is 0 Å². The average Bonchev–Trinajstić information content (AvgIpc) is 2.97. The summed E-state index contributed by atoms with van der Waals surface area (Å²) in [5.41, 5.74) is 3.92. The van der Waals surface area contributed by atoms with Crippen molar-refractivity contribution in [2.45, 2.75) is 51.7 Å². The Morgan fingerprint density at radius 1 is 1.19 bits per heavy atom. The quantitative estimate of drug-likeness (QED) is 0.922. The van der Waals surface area contributed by atoms with Crippen LogP contribution in [-0.2, 0) is 6.42 Å². The molecule has 1 aromatic rings. The van der Waals surface area contributed by atoms with E-state index in [2.05, 4.69) is 34.9 Å². The number of likely N-dealkylation sites (tertiary alicyclic amines) is 1. The number of rotatable bonds is 4. The van der Waals surface area contributed by atoms with Crippen LogP contribution in [0.5, 0.6) is 0 Å². The van der Waals surface area contributed by atoms with Gasteiger partial charge in [-0.05, 0) is 49.4 Å². The van der Waals surface area contributed by atoms with Gasteiger partial charge in [0.25, 0.3) is 0 Å². The Balaban J connectivity index is 1.76. The highest BCUT2D eigenvalue weighted by Gasteiger charge is 2.29. The van der Waals surface area contributed by atoms with Crippen LogP contribution in [0.4, 0.5) is 5.69 Å². The van der Waals surface area contributed by atoms with E-state index in [9.17, 15) is 5.11 Å². The van der Waals surface area contributed by atoms with Gasteiger partial charge in [0.05, 0.1) is 6.10 Å². The van der Waals surface area contributed by atoms with E-state index in [1.807, 2.05) is 6.92 Å². The molecular weight excluding hydrogens is 260 g/mol. The summed E-state index contributed by atoms with van der Waals surface area (Å²) in [6.07, 6.45) is 4.17. The van der Waals surface area contributed by atoms with Crippen LogP contribution in [0, 0.1) is 0 Å². The van der Waals surface area contributed by atoms with Crippen molar-refractivity contribution in [2.24, 2.45) is 0 Å². The number of anilines is 1. The summed E-state index contributed by atoms with van der Waals surface area (Å²) in [4.78, 5) is 5.15. The van der Waals surface area contributed by atoms with E-state index in [1.54, 1.807) is 0 Å². The molecule has 1 unspecified atom stereocenters. The lowest BCUT2D eigenvalue weighted by atomic mass is 10.0. The molecule has 0 saturated carbocycles. The number of aliphatic hydroxyl groups excluding tert-OH is 1. The number of fused-ring (bicyclic) bond motifs is 1. The lowest BCUT2D eigenvalue weighted by Crippen LogP contribution is -2.44. The Kier molecular flexibility index (Phi) is 4.51. The van der Waals surface area contributed by atoms with Gasteiger partial charge in [-0.2, -0.15) is 0 Å². The molecule has 0 aliphatic carbocycles. The van der Waals surface area contributed by atoms with Crippen molar-refractivity contribution in [2.75, 3.05) is 31.1 Å². The summed E-state index contributed by atoms with van der Waals surface area (Å²) in [5.74, 6) is 0. The van der Waals surface area contributed by atoms with Gasteiger partial charge in [-0.3, -0.25) is 0 Å². The number of hydrogen-bond acceptors (Lipinski definition) is 3. The van der Waals surface area contributed by atoms with Crippen LogP contribution in [0.3, 0.4) is 0 Å². The van der Waals surface area contributed by atoms with Crippen LogP contribution in [-0.4, -0.2) is 42.2 Å². The van der Waals surface area contributed by atoms with Crippen molar-refractivity contribution in [3.8, 4) is 0 Å². The van der Waals surface area contributed by atoms with E-state index >= 15 is 0 Å². The maximum Gasteiger partial charge on any atom is 0.0788 e. The zero-order chi connectivity index (χ0) is 14.8. The van der Waals surface area contributed by atoms with Gasteiger partial charge >= 0.3 is 0 Å². The van der Waals surface area contributed by atoms with Crippen molar-refractivity contribution in [3.63, 3.8) is 0 Å². The second-order valence-corrected chi connectivity index (χ2v) is 6.42. The van der Waals surface area contributed by atoms with E-state index in [1.165, 1.54) is 43.7 Å². The molecule has 1 N–H and O–H groups in total. The fourth-order valence-electron chi connectivity index (χ4n) is 3.79. The molecule has 2 aliphatic heterocycles. The normalized spacial score (nSPS) is 21.6. The summed E-state index contributed by atoms with van der Waals surface area (Å²) in [6, 6.07) is 7.26. The second kappa shape index (κ2) is 6.37. The maximum atomic E-state index is 10.1. The van der Waals surface area contributed by atoms with E-state index in [-0.39, 0.29) is 6.10 Å². The van der Waals surface area contributed by atoms with E-state index in [4.69, 9.17) is 0 Å². The third-order valence-corrected chi connectivity index (χ3v) is 5.26. The SMILES string of the molecule is CCC(O)c1ccc2c(c1)N(C1CCN(CC)CC1)CC2. The van der Waals surface area contributed by atoms with Crippen LogP contribution in [0.2, 0.25) is 0 Å². The summed E-state index contributed by atoms with van der Waals surface area (Å²) in [6.45, 7) is 9.07. The predicted octanol–water partition coefficient (Wildman–Crippen LogP) is 2.98. The van der Waals surface area contributed by atoms with Crippen molar-refractivity contribution in [1.82, 2.24) is 4.90 Å². The number of benzene rings is 1. The first-order valence-corrected chi connectivity index (χ1v) is 8.52. The second-order valence-electron chi connectivity index (χ2n) is 6.42. The van der Waals surface area contributed by atoms with Gasteiger partial charge < -0.3 is 14.9 Å². The van der Waals surface area contributed by atoms with Crippen molar-refractivity contribution in [1.29, 1.82) is 0 Å². The number of nitrogens with zero attached hydrogens (tertiary/aromatic N) is 2. The van der Waals surface area contributed by atoms with Gasteiger partial charge in [-0.1, -0.05) is 26.0 Å². The lowest BCUT2D eigenvalue weighted by Gasteiger charge is -2.37. The molecule has 3 nitrogen and oxygen atoms in total. The molecule has 1 fully saturated rings. The van der Waals surface area contributed by atoms with Gasteiger partial charge in [0.1, 0.15) is 0 Å². The van der Waals surface area contributed by atoms with E-state index in [0.29, 0.717) is 6.04 Å². The number of hydrogen-bond donors (Lipinski definition) is 1. The highest BCUT2D eigenvalue weighted by Crippen LogP contribution is 2.35. The largest absolute Gasteiger partial charge is 0.388 e. The molecule has 0 amide bonds. The third-order valence-electron chi connectivity index (χ3n) is 5.26. The van der Waals surface area contributed by atoms with Gasteiger partial charge in [0, 0.05) is 31.4 Å². The molecule has 116 valence electrons. The Bertz CT molecular complexity index is 480. The van der Waals surface area contributed by atoms with Crippen LogP contribution in [0.25, 0.3) is 0 Å². The van der Waals surface area contributed by atoms with Crippen LogP contribution >= 0.6 is 0 Å². The lowest BCUT2D eigenvalue weighted by molar-refractivity contribution is 0.173. The predicted molar refractivity (Wildman–Crippen MR) is 87.9 cm³/mol. The topological polar surface area (TPSA) is 26.7 Å². The van der Waals surface area contributed by atoms with Crippen molar-refractivity contribution >= 4 is 5.69 Å². The number of piperidine rings is 1. The maximum absolute atomic E-state index is 10.1. The van der Waals surface area contributed by atoms with Gasteiger partial charge in [0.15, 0.2) is 0 Å². The number of aliphatic hydroxyl groups is 1. The summed E-state index contributed by atoms with van der Waals surface area (Å²) < 4.78 is 0. The molecule has 1 aromatic carbocycles. The van der Waals surface area contributed by atoms with Crippen molar-refractivity contribution < 1.29 is 5.11 Å². The molecule has 3 rings (SSSR count). The summed E-state index contributed by atoms with van der Waals surface area (Å²) in [7, 11) is 0. The van der Waals surface area contributed by atoms with E-state index in [0.717, 1.165) is 24.9 Å². The van der Waals surface area contributed by atoms with Crippen LogP contribution in [0.15, 0.2) is 18.2 Å². The summed E-state index contributed by atoms with van der Waals surface area (Å²) >= 11 is 0. The molecule has 0 aromatic heterocycles. The third kappa shape index (κ3) is 2.95. The molecule has 21 heavy (non-hydrogen) atoms. The first-order valence-electron chi connectivity index (χ1n) is 8.52. The zero-order valence-corrected chi connectivity index (χ0v) is 13.4. The minimum absolute atomic E-state index is 0.320. The van der Waals surface area contributed by atoms with Gasteiger partial charge in [0.2, 0.25) is 0 Å². The Morgan fingerprint density at radius 3 is 2.62 bits per heavy atom. The molecule has 1 saturated heterocycles. The molecule has 3 heteroatoms. The minimum Gasteiger partial charge on any atom is -0.388 e. The van der Waals surface area contributed by atoms with Gasteiger partial charge in [-0.25, -0.2) is 0 Å². The zero-order valence-electron chi connectivity index (χ0n) is 13.4. The first kappa shape index (κ1) is 14.9. The molecule has 2 aliphatic rings. The Morgan fingerprint density at radius 2 is 1.95 bits per heavy atom. The molecule has 0 radical (unpaired) electrons. The van der Waals surface area contributed by atoms with Crippen molar-refractivity contribution in [3.05, 3.63) is 29.3 Å². The molecule has 1 atom stereocenters. The minimum atomic E-state index is -0.320. The molecular formula is C18H28N2O. The monoisotopic (exact) mass is 288 g/mol. The fraction of sp³-hybridized carbons (Fsp3) is 0.667. The van der Waals surface area contributed by atoms with E-state index < -0.39 is 0 Å². The van der Waals surface area contributed by atoms with Crippen LogP contribution < -0.4 is 4.90 Å². The standard InChI is InChI=1S/C18H28N2O/c1-3-18(21)15-6-5-14-7-12-20(17(14)13-15)16-8-10-19(4-2)11-9-16/h5-6,13,16,18,21H,3-4,7-12H2,1-2H3.